The van der Waals surface area contributed by atoms with E-state index in [-0.39, 0.29) is 11.3 Å². The smallest absolute Gasteiger partial charge is 0.426 e. The monoisotopic (exact) mass is 501 g/mol. The molecule has 0 bridgehead atoms. The Morgan fingerprint density at radius 1 is 1.14 bits per heavy atom. The predicted molar refractivity (Wildman–Crippen MR) is 132 cm³/mol. The van der Waals surface area contributed by atoms with Crippen molar-refractivity contribution in [2.24, 2.45) is 11.8 Å². The molecule has 2 fully saturated rings. The first-order valence-electron chi connectivity index (χ1n) is 12.0. The summed E-state index contributed by atoms with van der Waals surface area (Å²) in [5, 5.41) is 22.2. The van der Waals surface area contributed by atoms with Gasteiger partial charge in [-0.1, -0.05) is 43.2 Å². The normalized spacial score (nSPS) is 18.1. The molecular weight excluding hydrogens is 469 g/mol. The Morgan fingerprint density at radius 2 is 1.86 bits per heavy atom. The number of benzene rings is 1. The molecule has 1 aromatic heterocycles. The number of nitrogens with zero attached hydrogens (tertiary/aromatic N) is 2. The van der Waals surface area contributed by atoms with Crippen LogP contribution in [0.15, 0.2) is 53.6 Å². The lowest BCUT2D eigenvalue weighted by Crippen LogP contribution is -2.50. The highest BCUT2D eigenvalue weighted by atomic mass is 32.2. The maximum Gasteiger partial charge on any atom is 0.475 e. The van der Waals surface area contributed by atoms with Gasteiger partial charge in [0.05, 0.1) is 35.7 Å². The van der Waals surface area contributed by atoms with E-state index in [1.165, 1.54) is 12.3 Å². The second-order valence-corrected chi connectivity index (χ2v) is 11.4. The van der Waals surface area contributed by atoms with Crippen LogP contribution in [0.4, 0.5) is 5.82 Å². The minimum Gasteiger partial charge on any atom is -0.426 e. The molecule has 35 heavy (non-hydrogen) atoms. The maximum absolute atomic E-state index is 13.3. The SMILES string of the molecule is O=C(N[C@@H](CC1CC1)B(O)O)C(Cc1ccccc1)CS(=O)(=O)c1ccc(N2CCOCC2)nc1. The number of aromatic nitrogens is 1. The van der Waals surface area contributed by atoms with E-state index in [0.717, 1.165) is 18.4 Å². The molecule has 2 aromatic rings. The number of amides is 1. The molecule has 2 heterocycles. The van der Waals surface area contributed by atoms with E-state index in [4.69, 9.17) is 4.74 Å². The van der Waals surface area contributed by atoms with Crippen LogP contribution >= 0.6 is 0 Å². The van der Waals surface area contributed by atoms with E-state index in [2.05, 4.69) is 10.3 Å². The Bertz CT molecular complexity index is 1070. The van der Waals surface area contributed by atoms with E-state index in [0.29, 0.717) is 44.5 Å². The number of hydrogen-bond acceptors (Lipinski definition) is 8. The molecule has 4 rings (SSSR count). The molecule has 188 valence electrons. The Morgan fingerprint density at radius 3 is 2.46 bits per heavy atom. The fraction of sp³-hybridized carbons (Fsp3) is 0.500. The summed E-state index contributed by atoms with van der Waals surface area (Å²) in [5.41, 5.74) is 0.826. The highest BCUT2D eigenvalue weighted by molar-refractivity contribution is 7.91. The number of sulfone groups is 1. The molecule has 2 aliphatic rings. The number of anilines is 1. The van der Waals surface area contributed by atoms with Gasteiger partial charge in [0.2, 0.25) is 5.91 Å². The summed E-state index contributed by atoms with van der Waals surface area (Å²) in [6.07, 6.45) is 4.00. The number of morpholine rings is 1. The number of ether oxygens (including phenoxy) is 1. The lowest BCUT2D eigenvalue weighted by Gasteiger charge is -2.27. The quantitative estimate of drug-likeness (QED) is 0.387. The maximum atomic E-state index is 13.3. The first-order chi connectivity index (χ1) is 16.8. The van der Waals surface area contributed by atoms with Crippen LogP contribution in [0.2, 0.25) is 0 Å². The lowest BCUT2D eigenvalue weighted by atomic mass is 9.76. The Balaban J connectivity index is 1.50. The molecule has 0 radical (unpaired) electrons. The summed E-state index contributed by atoms with van der Waals surface area (Å²) in [6.45, 7) is 2.58. The molecule has 2 atom stereocenters. The third-order valence-corrected chi connectivity index (χ3v) is 8.30. The Hall–Kier alpha value is -2.47. The number of nitrogens with one attached hydrogen (secondary N) is 1. The van der Waals surface area contributed by atoms with Crippen molar-refractivity contribution in [3.05, 3.63) is 54.2 Å². The summed E-state index contributed by atoms with van der Waals surface area (Å²) < 4.78 is 31.9. The van der Waals surface area contributed by atoms with Gasteiger partial charge in [0.25, 0.3) is 0 Å². The molecule has 1 aliphatic carbocycles. The van der Waals surface area contributed by atoms with E-state index >= 15 is 0 Å². The van der Waals surface area contributed by atoms with Crippen molar-refractivity contribution in [2.75, 3.05) is 37.0 Å². The standard InChI is InChI=1S/C24H32BN3O6S/c29-24(27-22(25(30)31)15-19-6-7-19)20(14-18-4-2-1-3-5-18)17-35(32,33)21-8-9-23(26-16-21)28-10-12-34-13-11-28/h1-5,8-9,16,19-20,22,30-31H,6-7,10-15,17H2,(H,27,29)/t20?,22-/m0/s1. The van der Waals surface area contributed by atoms with Crippen molar-refractivity contribution in [3.63, 3.8) is 0 Å². The molecule has 9 nitrogen and oxygen atoms in total. The van der Waals surface area contributed by atoms with Gasteiger partial charge in [0.15, 0.2) is 9.84 Å². The number of rotatable bonds is 11. The molecule has 1 aromatic carbocycles. The zero-order valence-corrected chi connectivity index (χ0v) is 20.4. The van der Waals surface area contributed by atoms with Crippen molar-refractivity contribution in [3.8, 4) is 0 Å². The van der Waals surface area contributed by atoms with Gasteiger partial charge in [-0.25, -0.2) is 13.4 Å². The Kier molecular flexibility index (Phi) is 8.43. The van der Waals surface area contributed by atoms with Crippen LogP contribution in [0.25, 0.3) is 0 Å². The van der Waals surface area contributed by atoms with Gasteiger partial charge < -0.3 is 25.0 Å². The first-order valence-corrected chi connectivity index (χ1v) is 13.7. The molecule has 11 heteroatoms. The van der Waals surface area contributed by atoms with Crippen LogP contribution in [-0.4, -0.2) is 74.5 Å². The van der Waals surface area contributed by atoms with Gasteiger partial charge in [-0.3, -0.25) is 4.79 Å². The van der Waals surface area contributed by atoms with Crippen LogP contribution in [0.1, 0.15) is 24.8 Å². The molecule has 0 spiro atoms. The van der Waals surface area contributed by atoms with Gasteiger partial charge >= 0.3 is 7.12 Å². The second-order valence-electron chi connectivity index (χ2n) is 9.33. The van der Waals surface area contributed by atoms with Crippen molar-refractivity contribution in [2.45, 2.75) is 36.5 Å². The average molecular weight is 501 g/mol. The summed E-state index contributed by atoms with van der Waals surface area (Å²) in [6, 6.07) is 12.4. The highest BCUT2D eigenvalue weighted by Crippen LogP contribution is 2.33. The van der Waals surface area contributed by atoms with Crippen LogP contribution in [0, 0.1) is 11.8 Å². The molecule has 1 unspecified atom stereocenters. The van der Waals surface area contributed by atoms with Gasteiger partial charge in [-0.15, -0.1) is 0 Å². The number of carbonyl (C=O) groups is 1. The Labute approximate surface area is 206 Å². The van der Waals surface area contributed by atoms with Gasteiger partial charge in [0.1, 0.15) is 5.82 Å². The van der Waals surface area contributed by atoms with Crippen LogP contribution in [0.5, 0.6) is 0 Å². The van der Waals surface area contributed by atoms with Gasteiger partial charge in [-0.05, 0) is 36.5 Å². The third-order valence-electron chi connectivity index (χ3n) is 6.50. The number of carbonyl (C=O) groups excluding carboxylic acids is 1. The summed E-state index contributed by atoms with van der Waals surface area (Å²) in [4.78, 5) is 19.6. The van der Waals surface area contributed by atoms with Crippen LogP contribution in [-0.2, 0) is 25.8 Å². The van der Waals surface area contributed by atoms with Crippen LogP contribution in [0.3, 0.4) is 0 Å². The fourth-order valence-electron chi connectivity index (χ4n) is 4.29. The molecular formula is C24H32BN3O6S. The molecule has 3 N–H and O–H groups in total. The van der Waals surface area contributed by atoms with Gasteiger partial charge in [0, 0.05) is 19.3 Å². The van der Waals surface area contributed by atoms with E-state index < -0.39 is 40.5 Å². The number of pyridine rings is 1. The molecule has 1 saturated carbocycles. The lowest BCUT2D eigenvalue weighted by molar-refractivity contribution is -0.124. The van der Waals surface area contributed by atoms with Crippen molar-refractivity contribution >= 4 is 28.7 Å². The summed E-state index contributed by atoms with van der Waals surface area (Å²) >= 11 is 0. The average Bonchev–Trinajstić information content (AvgIpc) is 3.68. The van der Waals surface area contributed by atoms with E-state index in [9.17, 15) is 23.3 Å². The molecule has 1 aliphatic heterocycles. The van der Waals surface area contributed by atoms with E-state index in [1.54, 1.807) is 6.07 Å². The zero-order chi connectivity index (χ0) is 24.8. The third kappa shape index (κ3) is 7.26. The zero-order valence-electron chi connectivity index (χ0n) is 19.6. The topological polar surface area (TPSA) is 129 Å². The minimum absolute atomic E-state index is 0.0529. The fourth-order valence-corrected chi connectivity index (χ4v) is 5.77. The van der Waals surface area contributed by atoms with Crippen molar-refractivity contribution in [1.82, 2.24) is 10.3 Å². The van der Waals surface area contributed by atoms with E-state index in [1.807, 2.05) is 35.2 Å². The predicted octanol–water partition coefficient (Wildman–Crippen LogP) is 0.848. The molecule has 1 amide bonds. The second kappa shape index (κ2) is 11.5. The minimum atomic E-state index is -3.83. The molecule has 1 saturated heterocycles. The van der Waals surface area contributed by atoms with Gasteiger partial charge in [-0.2, -0.15) is 0 Å². The first kappa shape index (κ1) is 25.6. The summed E-state index contributed by atoms with van der Waals surface area (Å²) in [7, 11) is -5.53. The number of hydrogen-bond donors (Lipinski definition) is 3. The van der Waals surface area contributed by atoms with Crippen molar-refractivity contribution < 1.29 is 28.0 Å². The van der Waals surface area contributed by atoms with Crippen LogP contribution < -0.4 is 10.2 Å². The summed E-state index contributed by atoms with van der Waals surface area (Å²) in [5.74, 6) is -1.61. The largest absolute Gasteiger partial charge is 0.475 e. The highest BCUT2D eigenvalue weighted by Gasteiger charge is 2.35. The van der Waals surface area contributed by atoms with Crippen molar-refractivity contribution in [1.29, 1.82) is 0 Å².